The molecule has 0 atom stereocenters. The summed E-state index contributed by atoms with van der Waals surface area (Å²) in [5.41, 5.74) is 1.43. The Kier molecular flexibility index (Phi) is 4.00. The SMILES string of the molecule is COc1cc(C(=O)Cc2ccc(I)cc2)nn1C. The third kappa shape index (κ3) is 2.90. The van der Waals surface area contributed by atoms with Crippen molar-refractivity contribution in [1.29, 1.82) is 0 Å². The maximum absolute atomic E-state index is 12.0. The highest BCUT2D eigenvalue weighted by molar-refractivity contribution is 14.1. The molecule has 5 heteroatoms. The van der Waals surface area contributed by atoms with E-state index in [0.717, 1.165) is 9.13 Å². The van der Waals surface area contributed by atoms with E-state index >= 15 is 0 Å². The van der Waals surface area contributed by atoms with E-state index in [1.807, 2.05) is 24.3 Å². The van der Waals surface area contributed by atoms with Gasteiger partial charge in [-0.25, -0.2) is 4.68 Å². The number of methoxy groups -OCH3 is 1. The minimum Gasteiger partial charge on any atom is -0.481 e. The summed E-state index contributed by atoms with van der Waals surface area (Å²) in [6, 6.07) is 9.55. The van der Waals surface area contributed by atoms with Crippen LogP contribution < -0.4 is 4.74 Å². The Morgan fingerprint density at radius 3 is 2.61 bits per heavy atom. The fourth-order valence-electron chi connectivity index (χ4n) is 1.66. The first-order valence-electron chi connectivity index (χ1n) is 5.46. The number of aryl methyl sites for hydroxylation is 1. The van der Waals surface area contributed by atoms with Crippen LogP contribution in [0.2, 0.25) is 0 Å². The van der Waals surface area contributed by atoms with Gasteiger partial charge in [-0.05, 0) is 40.3 Å². The summed E-state index contributed by atoms with van der Waals surface area (Å²) in [4.78, 5) is 12.0. The van der Waals surface area contributed by atoms with Crippen LogP contribution in [0.5, 0.6) is 5.88 Å². The molecule has 0 saturated carbocycles. The van der Waals surface area contributed by atoms with Crippen LogP contribution in [0.15, 0.2) is 30.3 Å². The highest BCUT2D eigenvalue weighted by Crippen LogP contribution is 2.14. The van der Waals surface area contributed by atoms with Gasteiger partial charge in [0.1, 0.15) is 5.69 Å². The van der Waals surface area contributed by atoms with Crippen molar-refractivity contribution in [3.63, 3.8) is 0 Å². The average molecular weight is 356 g/mol. The van der Waals surface area contributed by atoms with Crippen molar-refractivity contribution in [3.05, 3.63) is 45.2 Å². The van der Waals surface area contributed by atoms with Gasteiger partial charge in [-0.2, -0.15) is 5.10 Å². The topological polar surface area (TPSA) is 44.1 Å². The second-order valence-corrected chi connectivity index (χ2v) is 5.17. The van der Waals surface area contributed by atoms with Gasteiger partial charge in [0.15, 0.2) is 5.78 Å². The van der Waals surface area contributed by atoms with Crippen LogP contribution in [0.1, 0.15) is 16.1 Å². The van der Waals surface area contributed by atoms with Gasteiger partial charge in [-0.1, -0.05) is 12.1 Å². The zero-order valence-corrected chi connectivity index (χ0v) is 12.3. The third-order valence-corrected chi connectivity index (χ3v) is 3.33. The number of rotatable bonds is 4. The molecular formula is C13H13IN2O2. The van der Waals surface area contributed by atoms with Crippen LogP contribution in [0.25, 0.3) is 0 Å². The van der Waals surface area contributed by atoms with E-state index in [2.05, 4.69) is 27.7 Å². The highest BCUT2D eigenvalue weighted by atomic mass is 127. The zero-order chi connectivity index (χ0) is 13.1. The number of benzene rings is 1. The van der Waals surface area contributed by atoms with Crippen LogP contribution >= 0.6 is 22.6 Å². The van der Waals surface area contributed by atoms with Crippen molar-refractivity contribution < 1.29 is 9.53 Å². The molecule has 4 nitrogen and oxygen atoms in total. The summed E-state index contributed by atoms with van der Waals surface area (Å²) in [5, 5.41) is 4.14. The molecule has 0 spiro atoms. The molecule has 0 fully saturated rings. The van der Waals surface area contributed by atoms with E-state index in [1.54, 1.807) is 24.9 Å². The number of ketones is 1. The summed E-state index contributed by atoms with van der Waals surface area (Å²) in [7, 11) is 3.31. The maximum atomic E-state index is 12.0. The van der Waals surface area contributed by atoms with Gasteiger partial charge in [-0.15, -0.1) is 0 Å². The van der Waals surface area contributed by atoms with E-state index in [9.17, 15) is 4.79 Å². The van der Waals surface area contributed by atoms with Crippen molar-refractivity contribution in [1.82, 2.24) is 9.78 Å². The number of carbonyl (C=O) groups is 1. The highest BCUT2D eigenvalue weighted by Gasteiger charge is 2.13. The van der Waals surface area contributed by atoms with Crippen LogP contribution in [0.3, 0.4) is 0 Å². The van der Waals surface area contributed by atoms with Gasteiger partial charge in [0.2, 0.25) is 5.88 Å². The fraction of sp³-hybridized carbons (Fsp3) is 0.231. The van der Waals surface area contributed by atoms with Crippen molar-refractivity contribution in [2.24, 2.45) is 7.05 Å². The molecule has 1 aromatic carbocycles. The van der Waals surface area contributed by atoms with Gasteiger partial charge in [0.05, 0.1) is 7.11 Å². The van der Waals surface area contributed by atoms with Gasteiger partial charge in [0.25, 0.3) is 0 Å². The number of nitrogens with zero attached hydrogens (tertiary/aromatic N) is 2. The van der Waals surface area contributed by atoms with Gasteiger partial charge in [0, 0.05) is 23.1 Å². The monoisotopic (exact) mass is 356 g/mol. The molecule has 0 radical (unpaired) electrons. The van der Waals surface area contributed by atoms with Crippen molar-refractivity contribution >= 4 is 28.4 Å². The first-order valence-corrected chi connectivity index (χ1v) is 6.53. The van der Waals surface area contributed by atoms with E-state index in [4.69, 9.17) is 4.74 Å². The molecule has 94 valence electrons. The Hall–Kier alpha value is -1.37. The number of carbonyl (C=O) groups excluding carboxylic acids is 1. The number of hydrogen-bond donors (Lipinski definition) is 0. The second-order valence-electron chi connectivity index (χ2n) is 3.92. The first-order chi connectivity index (χ1) is 8.60. The molecule has 0 aliphatic carbocycles. The molecule has 0 aliphatic heterocycles. The molecule has 18 heavy (non-hydrogen) atoms. The fourth-order valence-corrected chi connectivity index (χ4v) is 2.02. The quantitative estimate of drug-likeness (QED) is 0.625. The summed E-state index contributed by atoms with van der Waals surface area (Å²) in [6.45, 7) is 0. The van der Waals surface area contributed by atoms with E-state index in [1.165, 1.54) is 0 Å². The standard InChI is InChI=1S/C13H13IN2O2/c1-16-13(18-2)8-11(15-16)12(17)7-9-3-5-10(14)6-4-9/h3-6,8H,7H2,1-2H3. The number of aromatic nitrogens is 2. The summed E-state index contributed by atoms with van der Waals surface area (Å²) < 4.78 is 7.80. The second kappa shape index (κ2) is 5.51. The minimum absolute atomic E-state index is 0.00453. The average Bonchev–Trinajstić information content (AvgIpc) is 2.73. The lowest BCUT2D eigenvalue weighted by Crippen LogP contribution is -2.05. The summed E-state index contributed by atoms with van der Waals surface area (Å²) >= 11 is 2.24. The lowest BCUT2D eigenvalue weighted by Gasteiger charge is -1.98. The molecule has 1 aromatic heterocycles. The number of hydrogen-bond acceptors (Lipinski definition) is 3. The van der Waals surface area contributed by atoms with Crippen molar-refractivity contribution in [2.75, 3.05) is 7.11 Å². The Morgan fingerprint density at radius 2 is 2.06 bits per heavy atom. The zero-order valence-electron chi connectivity index (χ0n) is 10.2. The smallest absolute Gasteiger partial charge is 0.211 e. The van der Waals surface area contributed by atoms with Gasteiger partial charge < -0.3 is 4.74 Å². The molecule has 0 unspecified atom stereocenters. The maximum Gasteiger partial charge on any atom is 0.211 e. The van der Waals surface area contributed by atoms with Gasteiger partial charge in [-0.3, -0.25) is 4.79 Å². The molecule has 0 N–H and O–H groups in total. The summed E-state index contributed by atoms with van der Waals surface area (Å²) in [5.74, 6) is 0.580. The predicted molar refractivity (Wildman–Crippen MR) is 77.0 cm³/mol. The Balaban J connectivity index is 2.14. The Bertz CT molecular complexity index is 561. The predicted octanol–water partition coefficient (Wildman–Crippen LogP) is 2.46. The molecule has 2 aromatic rings. The largest absolute Gasteiger partial charge is 0.481 e. The Morgan fingerprint density at radius 1 is 1.39 bits per heavy atom. The Labute approximate surface area is 119 Å². The van der Waals surface area contributed by atoms with Crippen LogP contribution in [0.4, 0.5) is 0 Å². The van der Waals surface area contributed by atoms with Gasteiger partial charge >= 0.3 is 0 Å². The van der Waals surface area contributed by atoms with E-state index in [-0.39, 0.29) is 5.78 Å². The minimum atomic E-state index is -0.00453. The molecule has 0 aliphatic rings. The lowest BCUT2D eigenvalue weighted by atomic mass is 10.1. The van der Waals surface area contributed by atoms with Crippen LogP contribution in [-0.4, -0.2) is 22.7 Å². The lowest BCUT2D eigenvalue weighted by molar-refractivity contribution is 0.0987. The van der Waals surface area contributed by atoms with Crippen molar-refractivity contribution in [3.8, 4) is 5.88 Å². The molecular weight excluding hydrogens is 343 g/mol. The molecule has 0 saturated heterocycles. The molecule has 1 heterocycles. The van der Waals surface area contributed by atoms with Crippen molar-refractivity contribution in [2.45, 2.75) is 6.42 Å². The normalized spacial score (nSPS) is 10.4. The number of halogens is 1. The number of Topliss-reactive ketones (excluding diaryl/α,β-unsaturated/α-hetero) is 1. The number of ether oxygens (including phenoxy) is 1. The van der Waals surface area contributed by atoms with E-state index in [0.29, 0.717) is 18.0 Å². The van der Waals surface area contributed by atoms with E-state index < -0.39 is 0 Å². The summed E-state index contributed by atoms with van der Waals surface area (Å²) in [6.07, 6.45) is 0.358. The van der Waals surface area contributed by atoms with Crippen LogP contribution in [0, 0.1) is 3.57 Å². The first kappa shape index (κ1) is 13.1. The molecule has 2 rings (SSSR count). The van der Waals surface area contributed by atoms with Crippen LogP contribution in [-0.2, 0) is 13.5 Å². The molecule has 0 amide bonds. The third-order valence-electron chi connectivity index (χ3n) is 2.61. The molecule has 0 bridgehead atoms.